The van der Waals surface area contributed by atoms with Gasteiger partial charge in [0.2, 0.25) is 0 Å². The first-order valence-corrected chi connectivity index (χ1v) is 6.85. The molecule has 1 unspecified atom stereocenters. The number of ether oxygens (including phenoxy) is 1. The van der Waals surface area contributed by atoms with Gasteiger partial charge in [0, 0.05) is 13.0 Å². The third-order valence-corrected chi connectivity index (χ3v) is 3.42. The normalized spacial score (nSPS) is 13.0. The Kier molecular flexibility index (Phi) is 4.59. The Hall–Kier alpha value is -1.92. The van der Waals surface area contributed by atoms with Crippen molar-refractivity contribution >= 4 is 17.0 Å². The summed E-state index contributed by atoms with van der Waals surface area (Å²) in [5, 5.41) is 19.1. The van der Waals surface area contributed by atoms with Gasteiger partial charge in [-0.05, 0) is 12.1 Å². The van der Waals surface area contributed by atoms with E-state index in [1.165, 1.54) is 0 Å². The number of imidazole rings is 1. The van der Waals surface area contributed by atoms with E-state index in [0.29, 0.717) is 11.0 Å². The van der Waals surface area contributed by atoms with Crippen LogP contribution in [0.3, 0.4) is 0 Å². The highest BCUT2D eigenvalue weighted by Gasteiger charge is 2.24. The highest BCUT2D eigenvalue weighted by molar-refractivity contribution is 6.01. The van der Waals surface area contributed by atoms with Gasteiger partial charge in [0.15, 0.2) is 0 Å². The molecule has 0 saturated heterocycles. The lowest BCUT2D eigenvalue weighted by atomic mass is 10.1. The second-order valence-electron chi connectivity index (χ2n) is 5.26. The number of aliphatic hydroxyl groups is 1. The SMILES string of the molecule is COCC(CO)n1c(C(C)C)nc2cccc(C(=O)O)c21. The fraction of sp³-hybridized carbons (Fsp3) is 0.467. The van der Waals surface area contributed by atoms with Crippen LogP contribution >= 0.6 is 0 Å². The second kappa shape index (κ2) is 6.24. The molecule has 0 radical (unpaired) electrons. The number of rotatable bonds is 6. The molecule has 6 heteroatoms. The quantitative estimate of drug-likeness (QED) is 0.851. The summed E-state index contributed by atoms with van der Waals surface area (Å²) in [4.78, 5) is 16.0. The Bertz CT molecular complexity index is 648. The smallest absolute Gasteiger partial charge is 0.337 e. The molecule has 0 saturated carbocycles. The number of nitrogens with zero attached hydrogens (tertiary/aromatic N) is 2. The number of aliphatic hydroxyl groups excluding tert-OH is 1. The number of fused-ring (bicyclic) bond motifs is 1. The first-order valence-electron chi connectivity index (χ1n) is 6.85. The number of methoxy groups -OCH3 is 1. The molecule has 2 N–H and O–H groups in total. The van der Waals surface area contributed by atoms with Crippen LogP contribution in [0.15, 0.2) is 18.2 Å². The van der Waals surface area contributed by atoms with Gasteiger partial charge in [-0.2, -0.15) is 0 Å². The summed E-state index contributed by atoms with van der Waals surface area (Å²) in [5.74, 6) is -0.161. The lowest BCUT2D eigenvalue weighted by Crippen LogP contribution is -2.22. The molecule has 114 valence electrons. The third kappa shape index (κ3) is 2.77. The summed E-state index contributed by atoms with van der Waals surface area (Å²) in [6.45, 7) is 4.11. The number of para-hydroxylation sites is 1. The summed E-state index contributed by atoms with van der Waals surface area (Å²) in [6.07, 6.45) is 0. The van der Waals surface area contributed by atoms with E-state index < -0.39 is 5.97 Å². The zero-order valence-electron chi connectivity index (χ0n) is 12.4. The number of carboxylic acids is 1. The van der Waals surface area contributed by atoms with Crippen LogP contribution in [0.5, 0.6) is 0 Å². The van der Waals surface area contributed by atoms with Gasteiger partial charge >= 0.3 is 5.97 Å². The predicted molar refractivity (Wildman–Crippen MR) is 78.8 cm³/mol. The number of hydrogen-bond donors (Lipinski definition) is 2. The second-order valence-corrected chi connectivity index (χ2v) is 5.26. The summed E-state index contributed by atoms with van der Waals surface area (Å²) in [6, 6.07) is 4.65. The van der Waals surface area contributed by atoms with Gasteiger partial charge in [-0.3, -0.25) is 0 Å². The molecule has 6 nitrogen and oxygen atoms in total. The summed E-state index contributed by atoms with van der Waals surface area (Å²) < 4.78 is 6.95. The lowest BCUT2D eigenvalue weighted by molar-refractivity contribution is 0.0697. The minimum Gasteiger partial charge on any atom is -0.478 e. The van der Waals surface area contributed by atoms with Crippen molar-refractivity contribution < 1.29 is 19.7 Å². The molecule has 0 bridgehead atoms. The molecule has 2 aromatic rings. The molecular formula is C15H20N2O4. The van der Waals surface area contributed by atoms with Crippen molar-refractivity contribution in [3.8, 4) is 0 Å². The average molecular weight is 292 g/mol. The molecule has 0 amide bonds. The van der Waals surface area contributed by atoms with Gasteiger partial charge in [-0.15, -0.1) is 0 Å². The standard InChI is InChI=1S/C15H20N2O4/c1-9(2)14-16-12-6-4-5-11(15(19)20)13(12)17(14)10(7-18)8-21-3/h4-6,9-10,18H,7-8H2,1-3H3,(H,19,20). The fourth-order valence-electron chi connectivity index (χ4n) is 2.52. The highest BCUT2D eigenvalue weighted by Crippen LogP contribution is 2.28. The number of benzene rings is 1. The van der Waals surface area contributed by atoms with Gasteiger partial charge < -0.3 is 19.5 Å². The van der Waals surface area contributed by atoms with Crippen LogP contribution in [-0.2, 0) is 4.74 Å². The van der Waals surface area contributed by atoms with Crippen molar-refractivity contribution in [2.75, 3.05) is 20.3 Å². The first kappa shape index (κ1) is 15.5. The Labute approximate surface area is 123 Å². The monoisotopic (exact) mass is 292 g/mol. The number of aromatic carboxylic acids is 1. The molecule has 1 aromatic carbocycles. The van der Waals surface area contributed by atoms with Crippen LogP contribution in [0.25, 0.3) is 11.0 Å². The van der Waals surface area contributed by atoms with E-state index in [9.17, 15) is 15.0 Å². The van der Waals surface area contributed by atoms with E-state index >= 15 is 0 Å². The van der Waals surface area contributed by atoms with Crippen molar-refractivity contribution in [2.24, 2.45) is 0 Å². The molecule has 0 fully saturated rings. The Morgan fingerprint density at radius 1 is 1.43 bits per heavy atom. The lowest BCUT2D eigenvalue weighted by Gasteiger charge is -2.21. The Balaban J connectivity index is 2.79. The van der Waals surface area contributed by atoms with E-state index in [1.54, 1.807) is 29.9 Å². The van der Waals surface area contributed by atoms with Crippen LogP contribution in [0.2, 0.25) is 0 Å². The van der Waals surface area contributed by atoms with E-state index in [1.807, 2.05) is 13.8 Å². The van der Waals surface area contributed by atoms with E-state index in [4.69, 9.17) is 4.74 Å². The van der Waals surface area contributed by atoms with Crippen molar-refractivity contribution in [3.63, 3.8) is 0 Å². The minimum absolute atomic E-state index is 0.102. The largest absolute Gasteiger partial charge is 0.478 e. The fourth-order valence-corrected chi connectivity index (χ4v) is 2.52. The zero-order valence-corrected chi connectivity index (χ0v) is 12.4. The van der Waals surface area contributed by atoms with Crippen molar-refractivity contribution in [1.29, 1.82) is 0 Å². The first-order chi connectivity index (χ1) is 10.0. The predicted octanol–water partition coefficient (Wildman–Crippen LogP) is 2.04. The summed E-state index contributed by atoms with van der Waals surface area (Å²) in [7, 11) is 1.55. The number of aromatic nitrogens is 2. The molecule has 0 aliphatic rings. The Morgan fingerprint density at radius 3 is 2.67 bits per heavy atom. The molecule has 1 aromatic heterocycles. The van der Waals surface area contributed by atoms with Crippen LogP contribution in [-0.4, -0.2) is 46.1 Å². The van der Waals surface area contributed by atoms with Gasteiger partial charge in [0.25, 0.3) is 0 Å². The van der Waals surface area contributed by atoms with Crippen LogP contribution in [0, 0.1) is 0 Å². The average Bonchev–Trinajstić information content (AvgIpc) is 2.84. The van der Waals surface area contributed by atoms with Crippen molar-refractivity contribution in [1.82, 2.24) is 9.55 Å². The highest BCUT2D eigenvalue weighted by atomic mass is 16.5. The van der Waals surface area contributed by atoms with Crippen molar-refractivity contribution in [3.05, 3.63) is 29.6 Å². The maximum Gasteiger partial charge on any atom is 0.337 e. The van der Waals surface area contributed by atoms with E-state index in [2.05, 4.69) is 4.98 Å². The number of carboxylic acid groups (broad SMARTS) is 1. The minimum atomic E-state index is -1.01. The van der Waals surface area contributed by atoms with E-state index in [-0.39, 0.29) is 30.7 Å². The molecule has 21 heavy (non-hydrogen) atoms. The Morgan fingerprint density at radius 2 is 2.14 bits per heavy atom. The van der Waals surface area contributed by atoms with Gasteiger partial charge in [-0.25, -0.2) is 9.78 Å². The third-order valence-electron chi connectivity index (χ3n) is 3.42. The van der Waals surface area contributed by atoms with Crippen LogP contribution < -0.4 is 0 Å². The van der Waals surface area contributed by atoms with Crippen LogP contribution in [0.1, 0.15) is 42.0 Å². The van der Waals surface area contributed by atoms with Gasteiger partial charge in [-0.1, -0.05) is 19.9 Å². The summed E-state index contributed by atoms with van der Waals surface area (Å²) >= 11 is 0. The maximum atomic E-state index is 11.5. The topological polar surface area (TPSA) is 84.6 Å². The number of hydrogen-bond acceptors (Lipinski definition) is 4. The van der Waals surface area contributed by atoms with Crippen LogP contribution in [0.4, 0.5) is 0 Å². The van der Waals surface area contributed by atoms with Gasteiger partial charge in [0.05, 0.1) is 35.9 Å². The number of carbonyl (C=O) groups is 1. The molecule has 0 aliphatic heterocycles. The summed E-state index contributed by atoms with van der Waals surface area (Å²) in [5.41, 5.74) is 1.33. The van der Waals surface area contributed by atoms with Crippen molar-refractivity contribution in [2.45, 2.75) is 25.8 Å². The molecular weight excluding hydrogens is 272 g/mol. The molecule has 1 heterocycles. The molecule has 1 atom stereocenters. The van der Waals surface area contributed by atoms with E-state index in [0.717, 1.165) is 5.82 Å². The molecule has 2 rings (SSSR count). The van der Waals surface area contributed by atoms with Gasteiger partial charge in [0.1, 0.15) is 5.82 Å². The molecule has 0 spiro atoms. The zero-order chi connectivity index (χ0) is 15.6. The maximum absolute atomic E-state index is 11.5. The molecule has 0 aliphatic carbocycles.